The molecule has 0 radical (unpaired) electrons. The minimum atomic E-state index is 0.0455. The molecule has 2 nitrogen and oxygen atoms in total. The van der Waals surface area contributed by atoms with E-state index in [9.17, 15) is 0 Å². The number of nitrogens with zero attached hydrogens (tertiary/aromatic N) is 1. The molecule has 2 N–H and O–H groups in total. The van der Waals surface area contributed by atoms with Crippen molar-refractivity contribution in [3.05, 3.63) is 77.7 Å². The maximum Gasteiger partial charge on any atom is 0.0485 e. The summed E-state index contributed by atoms with van der Waals surface area (Å²) in [5.41, 5.74) is 11.2. The van der Waals surface area contributed by atoms with Gasteiger partial charge in [-0.1, -0.05) is 36.4 Å². The summed E-state index contributed by atoms with van der Waals surface area (Å²) >= 11 is 0. The third-order valence-corrected chi connectivity index (χ3v) is 3.57. The van der Waals surface area contributed by atoms with Gasteiger partial charge in [-0.3, -0.25) is 0 Å². The molecule has 96 valence electrons. The van der Waals surface area contributed by atoms with Gasteiger partial charge in [0.25, 0.3) is 0 Å². The quantitative estimate of drug-likeness (QED) is 0.874. The van der Waals surface area contributed by atoms with Crippen LogP contribution in [-0.2, 0) is 0 Å². The molecule has 0 saturated carbocycles. The zero-order valence-electron chi connectivity index (χ0n) is 11.1. The van der Waals surface area contributed by atoms with Crippen LogP contribution in [0.15, 0.2) is 72.1 Å². The summed E-state index contributed by atoms with van der Waals surface area (Å²) in [6, 6.07) is 10.5. The Balaban J connectivity index is 2.10. The molecule has 0 bridgehead atoms. The lowest BCUT2D eigenvalue weighted by atomic mass is 9.91. The van der Waals surface area contributed by atoms with E-state index in [1.54, 1.807) is 0 Å². The molecule has 2 aliphatic rings. The van der Waals surface area contributed by atoms with Crippen LogP contribution in [0.25, 0.3) is 5.57 Å². The molecule has 0 aromatic heterocycles. The van der Waals surface area contributed by atoms with E-state index >= 15 is 0 Å². The molecule has 0 fully saturated rings. The van der Waals surface area contributed by atoms with Crippen LogP contribution in [-0.4, -0.2) is 17.5 Å². The Labute approximate surface area is 114 Å². The van der Waals surface area contributed by atoms with Crippen molar-refractivity contribution in [2.45, 2.75) is 13.0 Å². The lowest BCUT2D eigenvalue weighted by Gasteiger charge is -2.32. The van der Waals surface area contributed by atoms with Crippen LogP contribution in [0, 0.1) is 0 Å². The summed E-state index contributed by atoms with van der Waals surface area (Å²) < 4.78 is 0. The fraction of sp³-hybridized carbons (Fsp3) is 0.176. The van der Waals surface area contributed by atoms with E-state index in [1.165, 1.54) is 22.4 Å². The summed E-state index contributed by atoms with van der Waals surface area (Å²) in [5, 5.41) is 0. The van der Waals surface area contributed by atoms with Gasteiger partial charge in [0.1, 0.15) is 0 Å². The second-order valence-corrected chi connectivity index (χ2v) is 4.99. The third-order valence-electron chi connectivity index (χ3n) is 3.57. The number of rotatable bonds is 2. The molecular weight excluding hydrogens is 232 g/mol. The molecule has 0 aliphatic carbocycles. The highest BCUT2D eigenvalue weighted by molar-refractivity contribution is 5.75. The molecule has 2 heterocycles. The van der Waals surface area contributed by atoms with E-state index in [0.717, 1.165) is 6.54 Å². The average Bonchev–Trinajstić information content (AvgIpc) is 2.46. The van der Waals surface area contributed by atoms with Gasteiger partial charge < -0.3 is 10.6 Å². The minimum Gasteiger partial charge on any atom is -0.344 e. The fourth-order valence-corrected chi connectivity index (χ4v) is 2.58. The Bertz CT molecular complexity index is 589. The summed E-state index contributed by atoms with van der Waals surface area (Å²) in [5.74, 6) is 0. The van der Waals surface area contributed by atoms with E-state index in [4.69, 9.17) is 5.73 Å². The van der Waals surface area contributed by atoms with E-state index in [1.807, 2.05) is 13.0 Å². The van der Waals surface area contributed by atoms with Gasteiger partial charge in [0, 0.05) is 24.5 Å². The standard InChI is InChI=1S/C17H18N2/c1-13(18)16-11-15-9-5-6-10-19(15)12-17(16)14-7-3-2-4-8-14/h2-11,13H,12,18H2,1H3. The highest BCUT2D eigenvalue weighted by Gasteiger charge is 2.21. The molecule has 2 heteroatoms. The van der Waals surface area contributed by atoms with Crippen molar-refractivity contribution in [1.29, 1.82) is 0 Å². The number of hydrogen-bond acceptors (Lipinski definition) is 2. The molecule has 0 saturated heterocycles. The lowest BCUT2D eigenvalue weighted by molar-refractivity contribution is 0.526. The molecule has 1 aromatic carbocycles. The van der Waals surface area contributed by atoms with Crippen LogP contribution in [0.3, 0.4) is 0 Å². The Morgan fingerprint density at radius 3 is 2.68 bits per heavy atom. The number of benzene rings is 1. The van der Waals surface area contributed by atoms with Gasteiger partial charge in [0.15, 0.2) is 0 Å². The van der Waals surface area contributed by atoms with Gasteiger partial charge in [0.2, 0.25) is 0 Å². The normalized spacial score (nSPS) is 19.3. The Hall–Kier alpha value is -2.06. The van der Waals surface area contributed by atoms with Crippen LogP contribution < -0.4 is 5.73 Å². The highest BCUT2D eigenvalue weighted by Crippen LogP contribution is 2.31. The largest absolute Gasteiger partial charge is 0.344 e. The maximum atomic E-state index is 6.15. The van der Waals surface area contributed by atoms with E-state index < -0.39 is 0 Å². The first-order chi connectivity index (χ1) is 9.25. The van der Waals surface area contributed by atoms with Crippen LogP contribution in [0.5, 0.6) is 0 Å². The first kappa shape index (κ1) is 12.0. The highest BCUT2D eigenvalue weighted by atomic mass is 15.1. The molecule has 3 rings (SSSR count). The van der Waals surface area contributed by atoms with Gasteiger partial charge in [-0.25, -0.2) is 0 Å². The molecule has 0 amide bonds. The van der Waals surface area contributed by atoms with Crippen LogP contribution in [0.1, 0.15) is 12.5 Å². The molecular formula is C17H18N2. The first-order valence-electron chi connectivity index (χ1n) is 6.63. The Morgan fingerprint density at radius 2 is 1.95 bits per heavy atom. The van der Waals surface area contributed by atoms with Gasteiger partial charge in [-0.05, 0) is 41.9 Å². The number of hydrogen-bond donors (Lipinski definition) is 1. The monoisotopic (exact) mass is 250 g/mol. The van der Waals surface area contributed by atoms with Gasteiger partial charge in [-0.15, -0.1) is 0 Å². The Morgan fingerprint density at radius 1 is 1.16 bits per heavy atom. The smallest absolute Gasteiger partial charge is 0.0485 e. The summed E-state index contributed by atoms with van der Waals surface area (Å²) in [7, 11) is 0. The van der Waals surface area contributed by atoms with Gasteiger partial charge in [0.05, 0.1) is 0 Å². The number of allylic oxidation sites excluding steroid dienone is 3. The molecule has 0 spiro atoms. The maximum absolute atomic E-state index is 6.15. The van der Waals surface area contributed by atoms with E-state index in [-0.39, 0.29) is 6.04 Å². The Kier molecular flexibility index (Phi) is 3.10. The molecule has 2 aliphatic heterocycles. The second-order valence-electron chi connectivity index (χ2n) is 4.99. The number of fused-ring (bicyclic) bond motifs is 1. The summed E-state index contributed by atoms with van der Waals surface area (Å²) in [6.07, 6.45) is 10.6. The third kappa shape index (κ3) is 2.27. The van der Waals surface area contributed by atoms with Crippen molar-refractivity contribution in [1.82, 2.24) is 4.90 Å². The van der Waals surface area contributed by atoms with E-state index in [0.29, 0.717) is 0 Å². The SMILES string of the molecule is CC(N)C1=C(c2ccccc2)CN2C=CC=CC2=C1. The predicted octanol–water partition coefficient (Wildman–Crippen LogP) is 3.07. The van der Waals surface area contributed by atoms with Crippen LogP contribution >= 0.6 is 0 Å². The molecule has 1 aromatic rings. The minimum absolute atomic E-state index is 0.0455. The number of nitrogens with two attached hydrogens (primary N) is 1. The molecule has 1 unspecified atom stereocenters. The molecule has 1 atom stereocenters. The summed E-state index contributed by atoms with van der Waals surface area (Å²) in [6.45, 7) is 2.93. The first-order valence-corrected chi connectivity index (χ1v) is 6.63. The van der Waals surface area contributed by atoms with Gasteiger partial charge >= 0.3 is 0 Å². The van der Waals surface area contributed by atoms with Crippen molar-refractivity contribution < 1.29 is 0 Å². The van der Waals surface area contributed by atoms with Crippen molar-refractivity contribution in [3.63, 3.8) is 0 Å². The van der Waals surface area contributed by atoms with E-state index in [2.05, 4.69) is 59.7 Å². The lowest BCUT2D eigenvalue weighted by Crippen LogP contribution is -2.29. The van der Waals surface area contributed by atoms with Crippen LogP contribution in [0.4, 0.5) is 0 Å². The average molecular weight is 250 g/mol. The zero-order valence-corrected chi connectivity index (χ0v) is 11.1. The van der Waals surface area contributed by atoms with Crippen molar-refractivity contribution in [2.75, 3.05) is 6.54 Å². The fourth-order valence-electron chi connectivity index (χ4n) is 2.58. The topological polar surface area (TPSA) is 29.3 Å². The second kappa shape index (κ2) is 4.90. The van der Waals surface area contributed by atoms with Crippen LogP contribution in [0.2, 0.25) is 0 Å². The molecule has 19 heavy (non-hydrogen) atoms. The summed E-state index contributed by atoms with van der Waals surface area (Å²) in [4.78, 5) is 2.26. The zero-order chi connectivity index (χ0) is 13.2. The van der Waals surface area contributed by atoms with Crippen molar-refractivity contribution >= 4 is 5.57 Å². The van der Waals surface area contributed by atoms with Gasteiger partial charge in [-0.2, -0.15) is 0 Å². The van der Waals surface area contributed by atoms with Crippen molar-refractivity contribution in [3.8, 4) is 0 Å². The van der Waals surface area contributed by atoms with Crippen molar-refractivity contribution in [2.24, 2.45) is 5.73 Å². The predicted molar refractivity (Wildman–Crippen MR) is 80.1 cm³/mol.